The average molecular weight is 384 g/mol. The van der Waals surface area contributed by atoms with Crippen LogP contribution in [-0.4, -0.2) is 34.8 Å². The van der Waals surface area contributed by atoms with Gasteiger partial charge in [0, 0.05) is 23.5 Å². The molecule has 2 amide bonds. The maximum atomic E-state index is 12.5. The van der Waals surface area contributed by atoms with Crippen LogP contribution in [0.5, 0.6) is 0 Å². The average Bonchev–Trinajstić information content (AvgIpc) is 3.22. The Hall–Kier alpha value is -2.07. The number of nitrogens with zero attached hydrogens (tertiary/aromatic N) is 3. The van der Waals surface area contributed by atoms with Gasteiger partial charge >= 0.3 is 0 Å². The topological polar surface area (TPSA) is 75.2 Å². The number of hydrogen-bond acceptors (Lipinski definition) is 6. The maximum Gasteiger partial charge on any atom is 0.291 e. The van der Waals surface area contributed by atoms with Gasteiger partial charge in [-0.15, -0.1) is 22.0 Å². The number of thioether (sulfide) groups is 1. The lowest BCUT2D eigenvalue weighted by Crippen LogP contribution is -2.28. The molecule has 1 aliphatic rings. The highest BCUT2D eigenvalue weighted by Crippen LogP contribution is 2.29. The quantitative estimate of drug-likeness (QED) is 0.802. The maximum absolute atomic E-state index is 12.5. The fourth-order valence-electron chi connectivity index (χ4n) is 2.48. The van der Waals surface area contributed by atoms with Gasteiger partial charge in [0.1, 0.15) is 0 Å². The Bertz CT molecular complexity index is 782. The second-order valence-corrected chi connectivity index (χ2v) is 7.23. The SMILES string of the molecule is CSc1ccc(N2CC(C(=O)Nc3nnc(C(F)F)s3)CC2=O)cc1. The summed E-state index contributed by atoms with van der Waals surface area (Å²) in [4.78, 5) is 27.1. The van der Waals surface area contributed by atoms with E-state index in [0.717, 1.165) is 10.6 Å². The summed E-state index contributed by atoms with van der Waals surface area (Å²) in [5.74, 6) is -1.14. The van der Waals surface area contributed by atoms with E-state index in [2.05, 4.69) is 15.5 Å². The van der Waals surface area contributed by atoms with Gasteiger partial charge in [-0.2, -0.15) is 0 Å². The second kappa shape index (κ2) is 7.44. The number of carbonyl (C=O) groups excluding carboxylic acids is 2. The van der Waals surface area contributed by atoms with Crippen molar-refractivity contribution < 1.29 is 18.4 Å². The lowest BCUT2D eigenvalue weighted by molar-refractivity contribution is -0.122. The predicted molar refractivity (Wildman–Crippen MR) is 92.2 cm³/mol. The summed E-state index contributed by atoms with van der Waals surface area (Å²) in [6.07, 6.45) is -0.698. The van der Waals surface area contributed by atoms with Crippen molar-refractivity contribution in [1.82, 2.24) is 10.2 Å². The van der Waals surface area contributed by atoms with E-state index >= 15 is 0 Å². The first kappa shape index (κ1) is 17.7. The van der Waals surface area contributed by atoms with Crippen LogP contribution in [0.1, 0.15) is 17.9 Å². The van der Waals surface area contributed by atoms with Gasteiger partial charge in [0.15, 0.2) is 5.01 Å². The summed E-state index contributed by atoms with van der Waals surface area (Å²) in [6.45, 7) is 0.240. The van der Waals surface area contributed by atoms with Gasteiger partial charge < -0.3 is 10.2 Å². The summed E-state index contributed by atoms with van der Waals surface area (Å²) in [5, 5.41) is 8.85. The first-order valence-electron chi connectivity index (χ1n) is 7.34. The van der Waals surface area contributed by atoms with Crippen molar-refractivity contribution in [2.24, 2.45) is 5.92 Å². The molecule has 2 heterocycles. The minimum Gasteiger partial charge on any atom is -0.312 e. The molecule has 6 nitrogen and oxygen atoms in total. The Balaban J connectivity index is 1.65. The molecule has 0 bridgehead atoms. The lowest BCUT2D eigenvalue weighted by atomic mass is 10.1. The number of amides is 2. The van der Waals surface area contributed by atoms with Crippen LogP contribution in [0.15, 0.2) is 29.2 Å². The first-order valence-corrected chi connectivity index (χ1v) is 9.39. The normalized spacial score (nSPS) is 17.4. The third kappa shape index (κ3) is 3.96. The summed E-state index contributed by atoms with van der Waals surface area (Å²) < 4.78 is 25.0. The molecule has 0 aliphatic carbocycles. The van der Waals surface area contributed by atoms with Crippen LogP contribution in [-0.2, 0) is 9.59 Å². The second-order valence-electron chi connectivity index (χ2n) is 5.34. The molecule has 10 heteroatoms. The summed E-state index contributed by atoms with van der Waals surface area (Å²) in [7, 11) is 0. The lowest BCUT2D eigenvalue weighted by Gasteiger charge is -2.16. The van der Waals surface area contributed by atoms with Crippen molar-refractivity contribution in [3.05, 3.63) is 29.3 Å². The third-order valence-corrected chi connectivity index (χ3v) is 5.33. The number of alkyl halides is 2. The van der Waals surface area contributed by atoms with Crippen LogP contribution in [0.25, 0.3) is 0 Å². The fraction of sp³-hybridized carbons (Fsp3) is 0.333. The van der Waals surface area contributed by atoms with E-state index < -0.39 is 23.3 Å². The van der Waals surface area contributed by atoms with Crippen LogP contribution in [0.3, 0.4) is 0 Å². The zero-order valence-electron chi connectivity index (χ0n) is 13.1. The molecule has 1 fully saturated rings. The number of benzene rings is 1. The Kier molecular flexibility index (Phi) is 5.28. The molecule has 1 aromatic carbocycles. The highest BCUT2D eigenvalue weighted by atomic mass is 32.2. The van der Waals surface area contributed by atoms with E-state index in [4.69, 9.17) is 0 Å². The molecular formula is C15H14F2N4O2S2. The molecule has 0 radical (unpaired) electrons. The summed E-state index contributed by atoms with van der Waals surface area (Å²) >= 11 is 2.22. The zero-order valence-corrected chi connectivity index (χ0v) is 14.7. The minimum absolute atomic E-state index is 0.00974. The molecule has 1 saturated heterocycles. The van der Waals surface area contributed by atoms with Gasteiger partial charge in [0.2, 0.25) is 16.9 Å². The molecule has 1 atom stereocenters. The van der Waals surface area contributed by atoms with E-state index in [1.54, 1.807) is 16.7 Å². The van der Waals surface area contributed by atoms with Gasteiger partial charge in [-0.05, 0) is 30.5 Å². The van der Waals surface area contributed by atoms with Gasteiger partial charge in [-0.3, -0.25) is 9.59 Å². The van der Waals surface area contributed by atoms with Gasteiger partial charge in [-0.25, -0.2) is 8.78 Å². The molecule has 0 spiro atoms. The Labute approximate surface area is 150 Å². The van der Waals surface area contributed by atoms with E-state index in [-0.39, 0.29) is 24.0 Å². The number of rotatable bonds is 5. The number of halogens is 2. The number of hydrogen-bond donors (Lipinski definition) is 1. The standard InChI is InChI=1S/C15H14F2N4O2S2/c1-24-10-4-2-9(3-5-10)21-7-8(6-11(21)22)13(23)18-15-20-19-14(25-15)12(16)17/h2-5,8,12H,6-7H2,1H3,(H,18,20,23). The number of nitrogens with one attached hydrogen (secondary N) is 1. The molecule has 3 rings (SSSR count). The van der Waals surface area contributed by atoms with Crippen molar-refractivity contribution in [2.45, 2.75) is 17.7 Å². The Morgan fingerprint density at radius 1 is 1.36 bits per heavy atom. The minimum atomic E-state index is -2.73. The Morgan fingerprint density at radius 2 is 2.08 bits per heavy atom. The Morgan fingerprint density at radius 3 is 2.68 bits per heavy atom. The molecule has 1 unspecified atom stereocenters. The van der Waals surface area contributed by atoms with E-state index in [9.17, 15) is 18.4 Å². The molecule has 1 N–H and O–H groups in total. The van der Waals surface area contributed by atoms with Gasteiger partial charge in [-0.1, -0.05) is 11.3 Å². The number of carbonyl (C=O) groups is 2. The molecule has 2 aromatic rings. The highest BCUT2D eigenvalue weighted by molar-refractivity contribution is 7.98. The van der Waals surface area contributed by atoms with Crippen molar-refractivity contribution in [1.29, 1.82) is 0 Å². The molecule has 0 saturated carbocycles. The molecule has 132 valence electrons. The van der Waals surface area contributed by atoms with Crippen LogP contribution >= 0.6 is 23.1 Å². The molecule has 1 aromatic heterocycles. The van der Waals surface area contributed by atoms with E-state index in [1.807, 2.05) is 30.5 Å². The van der Waals surface area contributed by atoms with Crippen LogP contribution < -0.4 is 10.2 Å². The van der Waals surface area contributed by atoms with Crippen molar-refractivity contribution in [2.75, 3.05) is 23.0 Å². The highest BCUT2D eigenvalue weighted by Gasteiger charge is 2.35. The smallest absolute Gasteiger partial charge is 0.291 e. The largest absolute Gasteiger partial charge is 0.312 e. The van der Waals surface area contributed by atoms with Crippen molar-refractivity contribution in [3.63, 3.8) is 0 Å². The fourth-order valence-corrected chi connectivity index (χ4v) is 3.49. The van der Waals surface area contributed by atoms with Crippen LogP contribution in [0.2, 0.25) is 0 Å². The third-order valence-electron chi connectivity index (χ3n) is 3.74. The van der Waals surface area contributed by atoms with Crippen LogP contribution in [0, 0.1) is 5.92 Å². The van der Waals surface area contributed by atoms with Crippen molar-refractivity contribution in [3.8, 4) is 0 Å². The zero-order chi connectivity index (χ0) is 18.0. The van der Waals surface area contributed by atoms with E-state index in [1.165, 1.54) is 0 Å². The predicted octanol–water partition coefficient (Wildman–Crippen LogP) is 3.19. The first-order chi connectivity index (χ1) is 12.0. The van der Waals surface area contributed by atoms with E-state index in [0.29, 0.717) is 11.3 Å². The number of anilines is 2. The number of aromatic nitrogens is 2. The molecule has 25 heavy (non-hydrogen) atoms. The molecule has 1 aliphatic heterocycles. The van der Waals surface area contributed by atoms with Crippen LogP contribution in [0.4, 0.5) is 19.6 Å². The monoisotopic (exact) mass is 384 g/mol. The summed E-state index contributed by atoms with van der Waals surface area (Å²) in [5.41, 5.74) is 0.731. The van der Waals surface area contributed by atoms with Crippen molar-refractivity contribution >= 4 is 45.7 Å². The van der Waals surface area contributed by atoms with Gasteiger partial charge in [0.05, 0.1) is 5.92 Å². The molecular weight excluding hydrogens is 370 g/mol. The van der Waals surface area contributed by atoms with Gasteiger partial charge in [0.25, 0.3) is 6.43 Å². The summed E-state index contributed by atoms with van der Waals surface area (Å²) in [6, 6.07) is 7.49.